The topological polar surface area (TPSA) is 52.6 Å². The highest BCUT2D eigenvalue weighted by Crippen LogP contribution is 2.27. The maximum absolute atomic E-state index is 11.4. The summed E-state index contributed by atoms with van der Waals surface area (Å²) in [5, 5.41) is 12.1. The highest BCUT2D eigenvalue weighted by molar-refractivity contribution is 6.67. The summed E-state index contributed by atoms with van der Waals surface area (Å²) < 4.78 is -2.02. The zero-order valence-corrected chi connectivity index (χ0v) is 11.7. The van der Waals surface area contributed by atoms with Crippen molar-refractivity contribution in [2.75, 3.05) is 5.06 Å². The van der Waals surface area contributed by atoms with E-state index in [0.717, 1.165) is 0 Å². The van der Waals surface area contributed by atoms with Crippen molar-refractivity contribution in [3.63, 3.8) is 0 Å². The molecule has 0 aromatic heterocycles. The fraction of sp³-hybridized carbons (Fsp3) is 0.125. The van der Waals surface area contributed by atoms with E-state index in [1.54, 1.807) is 0 Å². The van der Waals surface area contributed by atoms with Crippen molar-refractivity contribution in [3.05, 3.63) is 28.2 Å². The molecule has 0 atom stereocenters. The minimum Gasteiger partial charge on any atom is -0.291 e. The lowest BCUT2D eigenvalue weighted by Crippen LogP contribution is -2.43. The van der Waals surface area contributed by atoms with Gasteiger partial charge in [-0.05, 0) is 18.2 Å². The molecule has 9 heteroatoms. The summed E-state index contributed by atoms with van der Waals surface area (Å²) in [4.78, 5) is 11.4. The Bertz CT molecular complexity index is 434. The molecule has 0 saturated heterocycles. The van der Waals surface area contributed by atoms with Gasteiger partial charge in [-0.2, -0.15) is 5.06 Å². The summed E-state index contributed by atoms with van der Waals surface area (Å²) in [5.74, 6) is 0. The van der Waals surface area contributed by atoms with E-state index < -0.39 is 9.95 Å². The molecular weight excluding hydrogens is 333 g/mol. The Kier molecular flexibility index (Phi) is 5.01. The molecule has 1 aromatic carbocycles. The normalized spacial score (nSPS) is 11.2. The van der Waals surface area contributed by atoms with Gasteiger partial charge in [0.2, 0.25) is 0 Å². The minimum atomic E-state index is -2.02. The summed E-state index contributed by atoms with van der Waals surface area (Å²) in [5.41, 5.74) is 0.0751. The van der Waals surface area contributed by atoms with E-state index in [4.69, 9.17) is 58.0 Å². The molecule has 0 saturated carbocycles. The van der Waals surface area contributed by atoms with E-state index in [9.17, 15) is 10.0 Å². The first-order valence-corrected chi connectivity index (χ1v) is 5.92. The fourth-order valence-electron chi connectivity index (χ4n) is 0.908. The van der Waals surface area contributed by atoms with Gasteiger partial charge in [-0.15, -0.1) is 0 Å². The molecule has 0 fully saturated rings. The van der Waals surface area contributed by atoms with Gasteiger partial charge in [-0.3, -0.25) is 10.5 Å². The van der Waals surface area contributed by atoms with Gasteiger partial charge in [0.05, 0.1) is 15.7 Å². The molecule has 0 aliphatic heterocycles. The number of hydroxylamine groups is 1. The third-order valence-electron chi connectivity index (χ3n) is 1.59. The van der Waals surface area contributed by atoms with Crippen LogP contribution in [-0.2, 0) is 0 Å². The monoisotopic (exact) mass is 336 g/mol. The number of urea groups is 1. The summed E-state index contributed by atoms with van der Waals surface area (Å²) in [7, 11) is 0. The van der Waals surface area contributed by atoms with Crippen molar-refractivity contribution in [1.29, 1.82) is 0 Å². The molecule has 17 heavy (non-hydrogen) atoms. The average Bonchev–Trinajstić information content (AvgIpc) is 2.18. The fourth-order valence-corrected chi connectivity index (χ4v) is 1.44. The number of carbonyl (C=O) groups excluding carboxylic acids is 1. The van der Waals surface area contributed by atoms with Gasteiger partial charge in [0.15, 0.2) is 0 Å². The maximum Gasteiger partial charge on any atom is 0.349 e. The van der Waals surface area contributed by atoms with E-state index in [-0.39, 0.29) is 20.8 Å². The third kappa shape index (κ3) is 4.58. The smallest absolute Gasteiger partial charge is 0.291 e. The molecule has 0 radical (unpaired) electrons. The lowest BCUT2D eigenvalue weighted by atomic mass is 10.3. The SMILES string of the molecule is O=C(NC(Cl)(Cl)Cl)N(O)c1ccc(Cl)c(Cl)c1. The predicted molar refractivity (Wildman–Crippen MR) is 69.5 cm³/mol. The standard InChI is InChI=1S/C8H5Cl5N2O2/c9-5-2-1-4(3-6(5)10)15(17)7(16)14-8(11,12)13/h1-3,17H,(H,14,16). The van der Waals surface area contributed by atoms with Gasteiger partial charge >= 0.3 is 6.03 Å². The number of anilines is 1. The van der Waals surface area contributed by atoms with E-state index >= 15 is 0 Å². The lowest BCUT2D eigenvalue weighted by molar-refractivity contribution is 0.204. The van der Waals surface area contributed by atoms with Crippen LogP contribution >= 0.6 is 58.0 Å². The van der Waals surface area contributed by atoms with E-state index in [0.29, 0.717) is 0 Å². The Morgan fingerprint density at radius 2 is 1.82 bits per heavy atom. The molecule has 0 aliphatic rings. The number of alkyl halides is 3. The molecule has 94 valence electrons. The van der Waals surface area contributed by atoms with Gasteiger partial charge < -0.3 is 0 Å². The van der Waals surface area contributed by atoms with Crippen LogP contribution < -0.4 is 10.4 Å². The Morgan fingerprint density at radius 1 is 1.24 bits per heavy atom. The van der Waals surface area contributed by atoms with Crippen molar-refractivity contribution >= 4 is 69.7 Å². The number of amides is 2. The Morgan fingerprint density at radius 3 is 2.29 bits per heavy atom. The van der Waals surface area contributed by atoms with Gasteiger partial charge in [0.25, 0.3) is 3.92 Å². The summed E-state index contributed by atoms with van der Waals surface area (Å²) in [6, 6.07) is 3.03. The van der Waals surface area contributed by atoms with E-state index in [1.165, 1.54) is 18.2 Å². The van der Waals surface area contributed by atoms with Crippen molar-refractivity contribution in [3.8, 4) is 0 Å². The Labute approximate surface area is 122 Å². The van der Waals surface area contributed by atoms with Crippen LogP contribution in [0, 0.1) is 0 Å². The Hall–Kier alpha value is -0.100. The largest absolute Gasteiger partial charge is 0.349 e. The van der Waals surface area contributed by atoms with Crippen LogP contribution in [0.3, 0.4) is 0 Å². The zero-order chi connectivity index (χ0) is 13.2. The van der Waals surface area contributed by atoms with Crippen LogP contribution in [0.2, 0.25) is 10.0 Å². The first-order valence-electron chi connectivity index (χ1n) is 4.03. The minimum absolute atomic E-state index is 0.0751. The molecular formula is C8H5Cl5N2O2. The molecule has 0 bridgehead atoms. The van der Waals surface area contributed by atoms with Crippen molar-refractivity contribution in [2.24, 2.45) is 0 Å². The second kappa shape index (κ2) is 5.69. The molecule has 1 aromatic rings. The van der Waals surface area contributed by atoms with Crippen molar-refractivity contribution in [2.45, 2.75) is 3.92 Å². The van der Waals surface area contributed by atoms with Gasteiger partial charge in [0.1, 0.15) is 0 Å². The third-order valence-corrected chi connectivity index (χ3v) is 2.61. The van der Waals surface area contributed by atoms with Gasteiger partial charge in [0, 0.05) is 0 Å². The van der Waals surface area contributed by atoms with Gasteiger partial charge in [-0.25, -0.2) is 4.79 Å². The molecule has 0 unspecified atom stereocenters. The number of nitrogens with one attached hydrogen (secondary N) is 1. The van der Waals surface area contributed by atoms with Crippen LogP contribution in [0.5, 0.6) is 0 Å². The molecule has 0 aliphatic carbocycles. The highest BCUT2D eigenvalue weighted by atomic mass is 35.6. The van der Waals surface area contributed by atoms with Crippen LogP contribution in [-0.4, -0.2) is 15.2 Å². The van der Waals surface area contributed by atoms with Crippen molar-refractivity contribution in [1.82, 2.24) is 5.32 Å². The lowest BCUT2D eigenvalue weighted by Gasteiger charge is -2.19. The molecule has 0 spiro atoms. The zero-order valence-electron chi connectivity index (χ0n) is 7.92. The molecule has 4 nitrogen and oxygen atoms in total. The van der Waals surface area contributed by atoms with Crippen LogP contribution in [0.4, 0.5) is 10.5 Å². The second-order valence-electron chi connectivity index (χ2n) is 2.84. The maximum atomic E-state index is 11.4. The van der Waals surface area contributed by atoms with Gasteiger partial charge in [-0.1, -0.05) is 58.0 Å². The average molecular weight is 338 g/mol. The second-order valence-corrected chi connectivity index (χ2v) is 5.93. The molecule has 0 heterocycles. The quantitative estimate of drug-likeness (QED) is 0.348. The number of carbonyl (C=O) groups is 1. The van der Waals surface area contributed by atoms with Crippen molar-refractivity contribution < 1.29 is 10.0 Å². The molecule has 2 N–H and O–H groups in total. The first kappa shape index (κ1) is 15.0. The first-order chi connectivity index (χ1) is 7.70. The number of benzene rings is 1. The summed E-state index contributed by atoms with van der Waals surface area (Å²) in [6.45, 7) is 0. The molecule has 2 amide bonds. The number of nitrogens with zero attached hydrogens (tertiary/aromatic N) is 1. The Balaban J connectivity index is 2.85. The summed E-state index contributed by atoms with van der Waals surface area (Å²) >= 11 is 27.4. The predicted octanol–water partition coefficient (Wildman–Crippen LogP) is 4.23. The van der Waals surface area contributed by atoms with Crippen LogP contribution in [0.15, 0.2) is 18.2 Å². The number of hydrogen-bond acceptors (Lipinski definition) is 2. The van der Waals surface area contributed by atoms with E-state index in [2.05, 4.69) is 0 Å². The van der Waals surface area contributed by atoms with Crippen LogP contribution in [0.1, 0.15) is 0 Å². The van der Waals surface area contributed by atoms with E-state index in [1.807, 2.05) is 5.32 Å². The number of halogens is 5. The number of hydrogen-bond donors (Lipinski definition) is 2. The highest BCUT2D eigenvalue weighted by Gasteiger charge is 2.26. The molecule has 1 rings (SSSR count). The van der Waals surface area contributed by atoms with Crippen LogP contribution in [0.25, 0.3) is 0 Å². The number of rotatable bonds is 1. The summed E-state index contributed by atoms with van der Waals surface area (Å²) in [6.07, 6.45) is 0.